The van der Waals surface area contributed by atoms with Crippen molar-refractivity contribution in [2.24, 2.45) is 5.41 Å². The zero-order valence-corrected chi connectivity index (χ0v) is 23.1. The van der Waals surface area contributed by atoms with E-state index in [1.807, 2.05) is 27.7 Å². The number of thiazole rings is 1. The molecule has 3 N–H and O–H groups in total. The number of nitrogens with one attached hydrogen (secondary N) is 2. The second-order valence-electron chi connectivity index (χ2n) is 11.4. The van der Waals surface area contributed by atoms with Crippen LogP contribution in [-0.2, 0) is 0 Å². The molecular weight excluding hydrogens is 500 g/mol. The minimum Gasteiger partial charge on any atom is -0.389 e. The number of carbonyl (C=O) groups is 2. The summed E-state index contributed by atoms with van der Waals surface area (Å²) >= 11 is 0.874. The maximum absolute atomic E-state index is 14.3. The van der Waals surface area contributed by atoms with Crippen molar-refractivity contribution in [1.82, 2.24) is 20.2 Å². The Labute approximate surface area is 220 Å². The highest BCUT2D eigenvalue weighted by molar-refractivity contribution is 7.17. The van der Waals surface area contributed by atoms with Crippen molar-refractivity contribution >= 4 is 29.0 Å². The van der Waals surface area contributed by atoms with Crippen LogP contribution in [0.5, 0.6) is 0 Å². The minimum absolute atomic E-state index is 0.0278. The van der Waals surface area contributed by atoms with E-state index in [-0.39, 0.29) is 44.7 Å². The highest BCUT2D eigenvalue weighted by atomic mass is 32.1. The summed E-state index contributed by atoms with van der Waals surface area (Å²) in [5.74, 6) is -0.677. The molecular formula is C26H37F2N5O3S. The maximum Gasteiger partial charge on any atom is 0.280 e. The average Bonchev–Trinajstić information content (AvgIpc) is 3.25. The summed E-state index contributed by atoms with van der Waals surface area (Å²) in [6.07, 6.45) is 1.16. The van der Waals surface area contributed by atoms with Gasteiger partial charge in [0.1, 0.15) is 11.5 Å². The van der Waals surface area contributed by atoms with Gasteiger partial charge in [0.25, 0.3) is 18.2 Å². The van der Waals surface area contributed by atoms with Crippen molar-refractivity contribution < 1.29 is 23.5 Å². The Morgan fingerprint density at radius 2 is 1.92 bits per heavy atom. The van der Waals surface area contributed by atoms with E-state index in [1.54, 1.807) is 18.7 Å². The Kier molecular flexibility index (Phi) is 8.89. The van der Waals surface area contributed by atoms with Crippen molar-refractivity contribution in [1.29, 1.82) is 0 Å². The predicted octanol–water partition coefficient (Wildman–Crippen LogP) is 5.12. The number of pyridine rings is 1. The van der Waals surface area contributed by atoms with Gasteiger partial charge in [-0.2, -0.15) is 0 Å². The molecule has 3 heterocycles. The van der Waals surface area contributed by atoms with Crippen LogP contribution in [0.4, 0.5) is 14.6 Å². The van der Waals surface area contributed by atoms with Crippen LogP contribution in [-0.4, -0.2) is 63.1 Å². The van der Waals surface area contributed by atoms with Gasteiger partial charge in [-0.15, -0.1) is 11.3 Å². The number of rotatable bonds is 8. The first-order valence-electron chi connectivity index (χ1n) is 12.5. The zero-order valence-electron chi connectivity index (χ0n) is 22.3. The lowest BCUT2D eigenvalue weighted by molar-refractivity contribution is 0.0630. The van der Waals surface area contributed by atoms with Gasteiger partial charge in [0.05, 0.1) is 10.5 Å². The van der Waals surface area contributed by atoms with Gasteiger partial charge in [-0.25, -0.2) is 18.7 Å². The fourth-order valence-electron chi connectivity index (χ4n) is 3.95. The van der Waals surface area contributed by atoms with Gasteiger partial charge >= 0.3 is 0 Å². The summed E-state index contributed by atoms with van der Waals surface area (Å²) in [6.45, 7) is 12.1. The summed E-state index contributed by atoms with van der Waals surface area (Å²) in [5, 5.41) is 15.6. The number of likely N-dealkylation sites (tertiary alicyclic amines) is 1. The van der Waals surface area contributed by atoms with E-state index in [2.05, 4.69) is 20.6 Å². The lowest BCUT2D eigenvalue weighted by atomic mass is 9.97. The van der Waals surface area contributed by atoms with Gasteiger partial charge in [-0.1, -0.05) is 20.8 Å². The number of aromatic nitrogens is 2. The summed E-state index contributed by atoms with van der Waals surface area (Å²) in [4.78, 5) is 37.0. The van der Waals surface area contributed by atoms with Crippen LogP contribution < -0.4 is 10.6 Å². The summed E-state index contributed by atoms with van der Waals surface area (Å²) in [5.41, 5.74) is -1.49. The Balaban J connectivity index is 2.06. The zero-order chi connectivity index (χ0) is 27.5. The molecule has 8 nitrogen and oxygen atoms in total. The maximum atomic E-state index is 14.3. The van der Waals surface area contributed by atoms with E-state index in [0.29, 0.717) is 18.9 Å². The molecule has 0 bridgehead atoms. The van der Waals surface area contributed by atoms with Gasteiger partial charge in [-0.05, 0) is 51.5 Å². The second-order valence-corrected chi connectivity index (χ2v) is 12.4. The molecule has 1 aliphatic heterocycles. The molecule has 0 radical (unpaired) electrons. The number of halogens is 2. The number of aliphatic hydroxyl groups is 1. The summed E-state index contributed by atoms with van der Waals surface area (Å²) < 4.78 is 28.5. The molecule has 1 fully saturated rings. The number of piperidine rings is 1. The predicted molar refractivity (Wildman–Crippen MR) is 141 cm³/mol. The Hall–Kier alpha value is -2.66. The Morgan fingerprint density at radius 3 is 2.51 bits per heavy atom. The Bertz CT molecular complexity index is 1120. The number of amides is 2. The molecule has 2 amide bonds. The third kappa shape index (κ3) is 7.67. The number of anilines is 1. The molecule has 1 aliphatic rings. The van der Waals surface area contributed by atoms with Crippen molar-refractivity contribution in [3.63, 3.8) is 0 Å². The first-order chi connectivity index (χ1) is 17.2. The van der Waals surface area contributed by atoms with Gasteiger partial charge < -0.3 is 20.6 Å². The van der Waals surface area contributed by atoms with E-state index in [9.17, 15) is 23.5 Å². The first kappa shape index (κ1) is 28.9. The molecule has 11 heteroatoms. The third-order valence-corrected chi connectivity index (χ3v) is 7.07. The topological polar surface area (TPSA) is 107 Å². The van der Waals surface area contributed by atoms with Crippen molar-refractivity contribution in [2.75, 3.05) is 25.0 Å². The van der Waals surface area contributed by atoms with Gasteiger partial charge in [-0.3, -0.25) is 9.59 Å². The average molecular weight is 538 g/mol. The monoisotopic (exact) mass is 537 g/mol. The van der Waals surface area contributed by atoms with E-state index in [1.165, 1.54) is 12.3 Å². The molecule has 0 aromatic carbocycles. The summed E-state index contributed by atoms with van der Waals surface area (Å²) in [6, 6.07) is 1.26. The molecule has 0 aliphatic carbocycles. The number of hydrogen-bond acceptors (Lipinski definition) is 7. The van der Waals surface area contributed by atoms with Crippen LogP contribution in [0.1, 0.15) is 93.1 Å². The smallest absolute Gasteiger partial charge is 0.280 e. The van der Waals surface area contributed by atoms with Crippen molar-refractivity contribution in [3.05, 3.63) is 28.5 Å². The fraction of sp³-hybridized carbons (Fsp3) is 0.615. The standard InChI is InChI=1S/C26H37F2N5O3S/c1-15-9-7-8-10-33(15)24(35)19-20(37-23(32-19)22(34)31-14-26(5,6)36)17-12-29-18(11-16(17)21(27)28)30-13-25(2,3)4/h11-12,15,21,36H,7-10,13-14H2,1-6H3,(H,29,30)(H,31,34)/t15-/m0/s1. The van der Waals surface area contributed by atoms with Crippen LogP contribution in [0.15, 0.2) is 12.3 Å². The SMILES string of the molecule is C[C@H]1CCCCN1C(=O)c1nc(C(=O)NCC(C)(C)O)sc1-c1cnc(NCC(C)(C)C)cc1C(F)F. The molecule has 2 aromatic rings. The van der Waals surface area contributed by atoms with Gasteiger partial charge in [0.2, 0.25) is 0 Å². The van der Waals surface area contributed by atoms with Crippen LogP contribution in [0.25, 0.3) is 10.4 Å². The minimum atomic E-state index is -2.83. The van der Waals surface area contributed by atoms with E-state index < -0.39 is 23.8 Å². The highest BCUT2D eigenvalue weighted by Gasteiger charge is 2.32. The Morgan fingerprint density at radius 1 is 1.22 bits per heavy atom. The largest absolute Gasteiger partial charge is 0.389 e. The third-order valence-electron chi connectivity index (χ3n) is 5.98. The molecule has 37 heavy (non-hydrogen) atoms. The van der Waals surface area contributed by atoms with E-state index >= 15 is 0 Å². The van der Waals surface area contributed by atoms with Crippen molar-refractivity contribution in [2.45, 2.75) is 78.9 Å². The molecule has 3 rings (SSSR count). The van der Waals surface area contributed by atoms with Crippen LogP contribution in [0.2, 0.25) is 0 Å². The molecule has 2 aromatic heterocycles. The van der Waals surface area contributed by atoms with Crippen LogP contribution in [0.3, 0.4) is 0 Å². The quantitative estimate of drug-likeness (QED) is 0.432. The van der Waals surface area contributed by atoms with Crippen molar-refractivity contribution in [3.8, 4) is 10.4 Å². The molecule has 1 saturated heterocycles. The van der Waals surface area contributed by atoms with E-state index in [0.717, 1.165) is 30.6 Å². The molecule has 204 valence electrons. The molecule has 1 atom stereocenters. The lowest BCUT2D eigenvalue weighted by Crippen LogP contribution is -2.42. The summed E-state index contributed by atoms with van der Waals surface area (Å²) in [7, 11) is 0. The fourth-order valence-corrected chi connectivity index (χ4v) is 4.95. The number of alkyl halides is 2. The molecule has 0 spiro atoms. The molecule has 0 unspecified atom stereocenters. The lowest BCUT2D eigenvalue weighted by Gasteiger charge is -2.33. The number of carbonyl (C=O) groups excluding carboxylic acids is 2. The van der Waals surface area contributed by atoms with E-state index in [4.69, 9.17) is 0 Å². The molecule has 0 saturated carbocycles. The number of hydrogen-bond donors (Lipinski definition) is 3. The van der Waals surface area contributed by atoms with Crippen LogP contribution >= 0.6 is 11.3 Å². The number of nitrogens with zero attached hydrogens (tertiary/aromatic N) is 3. The van der Waals surface area contributed by atoms with Crippen LogP contribution in [0, 0.1) is 5.41 Å². The first-order valence-corrected chi connectivity index (χ1v) is 13.3. The van der Waals surface area contributed by atoms with Gasteiger partial charge in [0.15, 0.2) is 5.01 Å². The van der Waals surface area contributed by atoms with Gasteiger partial charge in [0, 0.05) is 43.0 Å². The highest BCUT2D eigenvalue weighted by Crippen LogP contribution is 2.38. The normalized spacial score (nSPS) is 16.7. The second kappa shape index (κ2) is 11.4.